The van der Waals surface area contributed by atoms with Crippen molar-refractivity contribution < 1.29 is 9.47 Å². The van der Waals surface area contributed by atoms with Gasteiger partial charge in [0.15, 0.2) is 11.5 Å². The minimum atomic E-state index is 0.179. The SMILES string of the molecule is COc1ccc(-c2c(-c3ccc(N(C)C)cc3)nc(N)c(C#N)c2-c2cccc(Br)c2)cc1OC. The summed E-state index contributed by atoms with van der Waals surface area (Å²) in [5, 5.41) is 10.1. The Bertz CT molecular complexity index is 1430. The number of nitrogens with two attached hydrogens (primary N) is 1. The van der Waals surface area contributed by atoms with E-state index < -0.39 is 0 Å². The number of anilines is 2. The lowest BCUT2D eigenvalue weighted by Gasteiger charge is -2.20. The Kier molecular flexibility index (Phi) is 6.94. The summed E-state index contributed by atoms with van der Waals surface area (Å²) in [4.78, 5) is 6.76. The van der Waals surface area contributed by atoms with Gasteiger partial charge in [0, 0.05) is 40.9 Å². The molecule has 7 heteroatoms. The first-order valence-electron chi connectivity index (χ1n) is 10.9. The minimum absolute atomic E-state index is 0.179. The number of nitriles is 1. The highest BCUT2D eigenvalue weighted by atomic mass is 79.9. The fourth-order valence-corrected chi connectivity index (χ4v) is 4.45. The summed E-state index contributed by atoms with van der Waals surface area (Å²) < 4.78 is 11.9. The smallest absolute Gasteiger partial charge is 0.161 e. The van der Waals surface area contributed by atoms with E-state index >= 15 is 0 Å². The third-order valence-corrected chi connectivity index (χ3v) is 6.27. The van der Waals surface area contributed by atoms with Crippen LogP contribution in [-0.4, -0.2) is 33.3 Å². The number of halogens is 1. The molecule has 1 aromatic heterocycles. The van der Waals surface area contributed by atoms with Crippen LogP contribution in [0.1, 0.15) is 5.56 Å². The molecule has 0 saturated heterocycles. The van der Waals surface area contributed by atoms with Crippen LogP contribution < -0.4 is 20.1 Å². The van der Waals surface area contributed by atoms with Gasteiger partial charge in [0.25, 0.3) is 0 Å². The topological polar surface area (TPSA) is 84.4 Å². The lowest BCUT2D eigenvalue weighted by molar-refractivity contribution is 0.355. The summed E-state index contributed by atoms with van der Waals surface area (Å²) in [6, 6.07) is 23.9. The summed E-state index contributed by atoms with van der Waals surface area (Å²) >= 11 is 3.56. The van der Waals surface area contributed by atoms with Crippen molar-refractivity contribution >= 4 is 27.4 Å². The maximum absolute atomic E-state index is 10.1. The number of pyridine rings is 1. The molecule has 2 N–H and O–H groups in total. The molecule has 1 heterocycles. The van der Waals surface area contributed by atoms with E-state index in [9.17, 15) is 5.26 Å². The van der Waals surface area contributed by atoms with Gasteiger partial charge in [-0.15, -0.1) is 0 Å². The molecule has 6 nitrogen and oxygen atoms in total. The molecule has 0 aliphatic carbocycles. The van der Waals surface area contributed by atoms with Crippen LogP contribution >= 0.6 is 15.9 Å². The van der Waals surface area contributed by atoms with E-state index in [0.717, 1.165) is 32.4 Å². The highest BCUT2D eigenvalue weighted by Crippen LogP contribution is 2.45. The number of rotatable bonds is 6. The molecule has 0 unspecified atom stereocenters. The van der Waals surface area contributed by atoms with E-state index in [2.05, 4.69) is 22.0 Å². The number of nitrogens with zero attached hydrogens (tertiary/aromatic N) is 3. The zero-order valence-electron chi connectivity index (χ0n) is 20.0. The van der Waals surface area contributed by atoms with Crippen molar-refractivity contribution in [2.75, 3.05) is 38.9 Å². The predicted molar refractivity (Wildman–Crippen MR) is 145 cm³/mol. The number of hydrogen-bond acceptors (Lipinski definition) is 6. The molecule has 0 amide bonds. The molecule has 0 radical (unpaired) electrons. The molecule has 176 valence electrons. The third-order valence-electron chi connectivity index (χ3n) is 5.78. The maximum atomic E-state index is 10.1. The fourth-order valence-electron chi connectivity index (χ4n) is 4.05. The summed E-state index contributed by atoms with van der Waals surface area (Å²) in [5.41, 5.74) is 12.5. The predicted octanol–water partition coefficient (Wildman–Crippen LogP) is 6.38. The zero-order valence-corrected chi connectivity index (χ0v) is 21.6. The van der Waals surface area contributed by atoms with Gasteiger partial charge in [-0.25, -0.2) is 4.98 Å². The zero-order chi connectivity index (χ0) is 25.1. The van der Waals surface area contributed by atoms with E-state index in [0.29, 0.717) is 28.3 Å². The molecule has 0 fully saturated rings. The Morgan fingerprint density at radius 3 is 2.11 bits per heavy atom. The minimum Gasteiger partial charge on any atom is -0.493 e. The number of methoxy groups -OCH3 is 2. The molecule has 35 heavy (non-hydrogen) atoms. The Hall–Kier alpha value is -4.02. The molecule has 0 saturated carbocycles. The molecular formula is C28H25BrN4O2. The highest BCUT2D eigenvalue weighted by Gasteiger charge is 2.23. The lowest BCUT2D eigenvalue weighted by Crippen LogP contribution is -2.08. The van der Waals surface area contributed by atoms with Gasteiger partial charge in [-0.2, -0.15) is 5.26 Å². The van der Waals surface area contributed by atoms with E-state index in [1.165, 1.54) is 0 Å². The van der Waals surface area contributed by atoms with Crippen molar-refractivity contribution in [3.63, 3.8) is 0 Å². The number of hydrogen-bond donors (Lipinski definition) is 1. The van der Waals surface area contributed by atoms with Gasteiger partial charge in [0.05, 0.1) is 19.9 Å². The second-order valence-electron chi connectivity index (χ2n) is 8.10. The van der Waals surface area contributed by atoms with Gasteiger partial charge in [0.1, 0.15) is 17.5 Å². The number of ether oxygens (including phenoxy) is 2. The third kappa shape index (κ3) is 4.66. The monoisotopic (exact) mass is 528 g/mol. The first-order chi connectivity index (χ1) is 16.9. The Balaban J connectivity index is 2.12. The fraction of sp³-hybridized carbons (Fsp3) is 0.143. The van der Waals surface area contributed by atoms with Crippen molar-refractivity contribution in [2.45, 2.75) is 0 Å². The van der Waals surface area contributed by atoms with Crippen LogP contribution in [0.15, 0.2) is 71.2 Å². The molecule has 0 aliphatic heterocycles. The van der Waals surface area contributed by atoms with Crippen LogP contribution in [0.4, 0.5) is 11.5 Å². The quantitative estimate of drug-likeness (QED) is 0.312. The van der Waals surface area contributed by atoms with Gasteiger partial charge >= 0.3 is 0 Å². The lowest BCUT2D eigenvalue weighted by atomic mass is 9.88. The van der Waals surface area contributed by atoms with Crippen molar-refractivity contribution in [3.05, 3.63) is 76.8 Å². The van der Waals surface area contributed by atoms with Crippen molar-refractivity contribution in [1.29, 1.82) is 5.26 Å². The first kappa shape index (κ1) is 24.1. The van der Waals surface area contributed by atoms with Gasteiger partial charge in [-0.3, -0.25) is 0 Å². The summed E-state index contributed by atoms with van der Waals surface area (Å²) in [5.74, 6) is 1.37. The highest BCUT2D eigenvalue weighted by molar-refractivity contribution is 9.10. The molecule has 0 bridgehead atoms. The summed E-state index contributed by atoms with van der Waals surface area (Å²) in [7, 11) is 7.18. The largest absolute Gasteiger partial charge is 0.493 e. The first-order valence-corrected chi connectivity index (χ1v) is 11.7. The normalized spacial score (nSPS) is 10.5. The molecular weight excluding hydrogens is 504 g/mol. The van der Waals surface area contributed by atoms with E-state index in [1.807, 2.05) is 85.7 Å². The second-order valence-corrected chi connectivity index (χ2v) is 9.02. The van der Waals surface area contributed by atoms with Crippen LogP contribution in [0, 0.1) is 11.3 Å². The molecule has 3 aromatic carbocycles. The number of aromatic nitrogens is 1. The Morgan fingerprint density at radius 1 is 0.857 bits per heavy atom. The molecule has 4 rings (SSSR count). The number of nitrogen functional groups attached to an aromatic ring is 1. The number of benzene rings is 3. The van der Waals surface area contributed by atoms with E-state index in [1.54, 1.807) is 14.2 Å². The van der Waals surface area contributed by atoms with Crippen LogP contribution in [0.2, 0.25) is 0 Å². The molecule has 0 spiro atoms. The average Bonchev–Trinajstić information content (AvgIpc) is 2.87. The standard InChI is InChI=1S/C28H25BrN4O2/c1-33(2)21-11-8-17(9-12-21)27-26(19-10-13-23(34-3)24(15-19)35-4)25(22(16-30)28(31)32-27)18-6-5-7-20(29)14-18/h5-15H,1-4H3,(H2,31,32). The summed E-state index contributed by atoms with van der Waals surface area (Å²) in [6.45, 7) is 0. The summed E-state index contributed by atoms with van der Waals surface area (Å²) in [6.07, 6.45) is 0. The van der Waals surface area contributed by atoms with E-state index in [-0.39, 0.29) is 5.82 Å². The van der Waals surface area contributed by atoms with Crippen molar-refractivity contribution in [2.24, 2.45) is 0 Å². The van der Waals surface area contributed by atoms with Crippen molar-refractivity contribution in [1.82, 2.24) is 4.98 Å². The molecule has 4 aromatic rings. The van der Waals surface area contributed by atoms with Crippen LogP contribution in [0.3, 0.4) is 0 Å². The van der Waals surface area contributed by atoms with Crippen molar-refractivity contribution in [3.8, 4) is 51.1 Å². The van der Waals surface area contributed by atoms with Gasteiger partial charge < -0.3 is 20.1 Å². The van der Waals surface area contributed by atoms with E-state index in [4.69, 9.17) is 20.2 Å². The Labute approximate surface area is 213 Å². The van der Waals surface area contributed by atoms with Crippen LogP contribution in [0.5, 0.6) is 11.5 Å². The van der Waals surface area contributed by atoms with Gasteiger partial charge in [-0.05, 0) is 47.5 Å². The Morgan fingerprint density at radius 2 is 1.51 bits per heavy atom. The maximum Gasteiger partial charge on any atom is 0.161 e. The second kappa shape index (κ2) is 10.1. The van der Waals surface area contributed by atoms with Gasteiger partial charge in [0.2, 0.25) is 0 Å². The molecule has 0 atom stereocenters. The average molecular weight is 529 g/mol. The van der Waals surface area contributed by atoms with Crippen LogP contribution in [0.25, 0.3) is 33.5 Å². The molecule has 0 aliphatic rings. The van der Waals surface area contributed by atoms with Gasteiger partial charge in [-0.1, -0.05) is 46.3 Å². The van der Waals surface area contributed by atoms with Crippen LogP contribution in [-0.2, 0) is 0 Å².